The lowest BCUT2D eigenvalue weighted by Crippen LogP contribution is -2.48. The molecular weight excluding hydrogens is 396 g/mol. The van der Waals surface area contributed by atoms with Gasteiger partial charge in [0.2, 0.25) is 0 Å². The second-order valence-corrected chi connectivity index (χ2v) is 7.90. The van der Waals surface area contributed by atoms with Crippen LogP contribution in [0.2, 0.25) is 5.02 Å². The van der Waals surface area contributed by atoms with Crippen molar-refractivity contribution in [2.24, 2.45) is 0 Å². The standard InChI is InChI=1S/C25H25ClN2O2/c26-22-12-10-21(11-13-22)19-30-24-9-5-4-8-23(24)25(29)28-16-14-27(15-17-28)18-20-6-2-1-3-7-20/h1-13H,14-19H2. The maximum atomic E-state index is 13.2. The number of hydrogen-bond donors (Lipinski definition) is 0. The molecule has 154 valence electrons. The topological polar surface area (TPSA) is 32.8 Å². The van der Waals surface area contributed by atoms with Crippen molar-refractivity contribution in [2.45, 2.75) is 13.2 Å². The fourth-order valence-electron chi connectivity index (χ4n) is 3.63. The zero-order valence-electron chi connectivity index (χ0n) is 16.8. The smallest absolute Gasteiger partial charge is 0.257 e. The van der Waals surface area contributed by atoms with E-state index in [1.54, 1.807) is 0 Å². The predicted molar refractivity (Wildman–Crippen MR) is 120 cm³/mol. The predicted octanol–water partition coefficient (Wildman–Crippen LogP) is 4.88. The van der Waals surface area contributed by atoms with Gasteiger partial charge in [-0.1, -0.05) is 66.2 Å². The third kappa shape index (κ3) is 5.21. The summed E-state index contributed by atoms with van der Waals surface area (Å²) in [6, 6.07) is 25.5. The van der Waals surface area contributed by atoms with E-state index in [0.717, 1.165) is 38.3 Å². The molecule has 0 aromatic heterocycles. The number of para-hydroxylation sites is 1. The van der Waals surface area contributed by atoms with E-state index in [1.165, 1.54) is 5.56 Å². The molecule has 1 saturated heterocycles. The number of piperazine rings is 1. The molecule has 1 heterocycles. The number of hydrogen-bond acceptors (Lipinski definition) is 3. The Hall–Kier alpha value is -2.82. The highest BCUT2D eigenvalue weighted by molar-refractivity contribution is 6.30. The SMILES string of the molecule is O=C(c1ccccc1OCc1ccc(Cl)cc1)N1CCN(Cc2ccccc2)CC1. The number of nitrogens with zero attached hydrogens (tertiary/aromatic N) is 2. The van der Waals surface area contributed by atoms with E-state index in [0.29, 0.717) is 22.9 Å². The number of amides is 1. The molecule has 0 atom stereocenters. The minimum absolute atomic E-state index is 0.0288. The van der Waals surface area contributed by atoms with Crippen molar-refractivity contribution in [1.82, 2.24) is 9.80 Å². The third-order valence-corrected chi connectivity index (χ3v) is 5.59. The zero-order chi connectivity index (χ0) is 20.8. The fourth-order valence-corrected chi connectivity index (χ4v) is 3.76. The van der Waals surface area contributed by atoms with E-state index in [4.69, 9.17) is 16.3 Å². The highest BCUT2D eigenvalue weighted by Gasteiger charge is 2.24. The van der Waals surface area contributed by atoms with E-state index in [2.05, 4.69) is 29.2 Å². The summed E-state index contributed by atoms with van der Waals surface area (Å²) >= 11 is 5.94. The lowest BCUT2D eigenvalue weighted by atomic mass is 10.1. The number of halogens is 1. The molecule has 0 radical (unpaired) electrons. The maximum Gasteiger partial charge on any atom is 0.257 e. The highest BCUT2D eigenvalue weighted by atomic mass is 35.5. The molecule has 3 aromatic rings. The lowest BCUT2D eigenvalue weighted by Gasteiger charge is -2.35. The largest absolute Gasteiger partial charge is 0.488 e. The Morgan fingerprint density at radius 1 is 0.800 bits per heavy atom. The van der Waals surface area contributed by atoms with E-state index >= 15 is 0 Å². The molecule has 1 aliphatic heterocycles. The van der Waals surface area contributed by atoms with E-state index < -0.39 is 0 Å². The van der Waals surface area contributed by atoms with Crippen molar-refractivity contribution >= 4 is 17.5 Å². The molecule has 0 N–H and O–H groups in total. The Morgan fingerprint density at radius 2 is 1.47 bits per heavy atom. The van der Waals surface area contributed by atoms with Crippen LogP contribution in [0.3, 0.4) is 0 Å². The zero-order valence-corrected chi connectivity index (χ0v) is 17.6. The van der Waals surface area contributed by atoms with Gasteiger partial charge in [0.1, 0.15) is 12.4 Å². The maximum absolute atomic E-state index is 13.2. The molecule has 0 unspecified atom stereocenters. The summed E-state index contributed by atoms with van der Waals surface area (Å²) < 4.78 is 5.97. The Bertz CT molecular complexity index is 968. The van der Waals surface area contributed by atoms with E-state index in [9.17, 15) is 4.79 Å². The summed E-state index contributed by atoms with van der Waals surface area (Å²) in [6.45, 7) is 4.49. The summed E-state index contributed by atoms with van der Waals surface area (Å²) in [5.41, 5.74) is 2.93. The van der Waals surface area contributed by atoms with Crippen LogP contribution in [-0.4, -0.2) is 41.9 Å². The first-order valence-electron chi connectivity index (χ1n) is 10.2. The van der Waals surface area contributed by atoms with Crippen LogP contribution in [0.4, 0.5) is 0 Å². The van der Waals surface area contributed by atoms with Gasteiger partial charge >= 0.3 is 0 Å². The van der Waals surface area contributed by atoms with Crippen molar-refractivity contribution < 1.29 is 9.53 Å². The normalized spacial score (nSPS) is 14.5. The Balaban J connectivity index is 1.36. The summed E-state index contributed by atoms with van der Waals surface area (Å²) in [7, 11) is 0. The molecule has 4 rings (SSSR count). The van der Waals surface area contributed by atoms with E-state index in [-0.39, 0.29) is 5.91 Å². The average Bonchev–Trinajstić information content (AvgIpc) is 2.80. The van der Waals surface area contributed by atoms with Gasteiger partial charge in [0.25, 0.3) is 5.91 Å². The molecule has 0 aliphatic carbocycles. The quantitative estimate of drug-likeness (QED) is 0.570. The molecule has 5 heteroatoms. The number of carbonyl (C=O) groups is 1. The summed E-state index contributed by atoms with van der Waals surface area (Å²) in [4.78, 5) is 17.5. The highest BCUT2D eigenvalue weighted by Crippen LogP contribution is 2.22. The molecule has 1 aliphatic rings. The minimum atomic E-state index is 0.0288. The van der Waals surface area contributed by atoms with Gasteiger partial charge in [-0.05, 0) is 35.4 Å². The van der Waals surface area contributed by atoms with Gasteiger partial charge in [-0.25, -0.2) is 0 Å². The van der Waals surface area contributed by atoms with Gasteiger partial charge in [-0.2, -0.15) is 0 Å². The van der Waals surface area contributed by atoms with Gasteiger partial charge < -0.3 is 9.64 Å². The molecule has 3 aromatic carbocycles. The monoisotopic (exact) mass is 420 g/mol. The van der Waals surface area contributed by atoms with Crippen LogP contribution in [0.15, 0.2) is 78.9 Å². The molecule has 1 amide bonds. The molecular formula is C25H25ClN2O2. The van der Waals surface area contributed by atoms with Crippen LogP contribution >= 0.6 is 11.6 Å². The van der Waals surface area contributed by atoms with Crippen LogP contribution in [0.1, 0.15) is 21.5 Å². The summed E-state index contributed by atoms with van der Waals surface area (Å²) in [6.07, 6.45) is 0. The van der Waals surface area contributed by atoms with Crippen LogP contribution in [-0.2, 0) is 13.2 Å². The van der Waals surface area contributed by atoms with Gasteiger partial charge in [0.15, 0.2) is 0 Å². The number of ether oxygens (including phenoxy) is 1. The van der Waals surface area contributed by atoms with Crippen LogP contribution in [0, 0.1) is 0 Å². The first-order valence-corrected chi connectivity index (χ1v) is 10.6. The minimum Gasteiger partial charge on any atom is -0.488 e. The fraction of sp³-hybridized carbons (Fsp3) is 0.240. The van der Waals surface area contributed by atoms with Gasteiger partial charge in [0, 0.05) is 37.7 Å². The van der Waals surface area contributed by atoms with Gasteiger partial charge in [-0.3, -0.25) is 9.69 Å². The molecule has 0 spiro atoms. The second-order valence-electron chi connectivity index (χ2n) is 7.47. The first-order chi connectivity index (χ1) is 14.7. The summed E-state index contributed by atoms with van der Waals surface area (Å²) in [5.74, 6) is 0.644. The molecule has 1 fully saturated rings. The second kappa shape index (κ2) is 9.79. The Morgan fingerprint density at radius 3 is 2.20 bits per heavy atom. The van der Waals surface area contributed by atoms with Crippen LogP contribution in [0.25, 0.3) is 0 Å². The Labute approximate surface area is 182 Å². The van der Waals surface area contributed by atoms with Crippen LogP contribution in [0.5, 0.6) is 5.75 Å². The number of benzene rings is 3. The first kappa shape index (κ1) is 20.5. The Kier molecular flexibility index (Phi) is 6.67. The van der Waals surface area contributed by atoms with Crippen molar-refractivity contribution in [2.75, 3.05) is 26.2 Å². The van der Waals surface area contributed by atoms with Crippen LogP contribution < -0.4 is 4.74 Å². The molecule has 30 heavy (non-hydrogen) atoms. The van der Waals surface area contributed by atoms with Crippen molar-refractivity contribution in [3.05, 3.63) is 101 Å². The molecule has 4 nitrogen and oxygen atoms in total. The molecule has 0 bridgehead atoms. The van der Waals surface area contributed by atoms with E-state index in [1.807, 2.05) is 59.5 Å². The average molecular weight is 421 g/mol. The lowest BCUT2D eigenvalue weighted by molar-refractivity contribution is 0.0624. The summed E-state index contributed by atoms with van der Waals surface area (Å²) in [5, 5.41) is 0.695. The third-order valence-electron chi connectivity index (χ3n) is 5.33. The number of carbonyl (C=O) groups excluding carboxylic acids is 1. The molecule has 0 saturated carbocycles. The van der Waals surface area contributed by atoms with Crippen molar-refractivity contribution in [1.29, 1.82) is 0 Å². The van der Waals surface area contributed by atoms with Gasteiger partial charge in [0.05, 0.1) is 5.56 Å². The number of rotatable bonds is 6. The van der Waals surface area contributed by atoms with Crippen molar-refractivity contribution in [3.63, 3.8) is 0 Å². The van der Waals surface area contributed by atoms with Crippen molar-refractivity contribution in [3.8, 4) is 5.75 Å². The van der Waals surface area contributed by atoms with Gasteiger partial charge in [-0.15, -0.1) is 0 Å².